The Balaban J connectivity index is 0.000000649. The average Bonchev–Trinajstić information content (AvgIpc) is 1.16. The summed E-state index contributed by atoms with van der Waals surface area (Å²) in [7, 11) is 0. The van der Waals surface area contributed by atoms with Crippen molar-refractivity contribution in [2.75, 3.05) is 85.1 Å². The monoisotopic (exact) mass is 1660 g/mol. The standard InChI is InChI=1S/2C11H23N.2C11H22.2C10H21N.2C10H20.3C9H19N/c1-10(2,3)9-6-7-12-8-11(9,4)5;1-9-8-12-7-6-11(9,5)10(2,3)4;1-8-6-7-10(9(8)2)11(3,4)5;1-9-7-5-6-8-10(9)11(2,3)4;1-9(2,3)10(4)5-7-11-8-6-10;1-8-7-11-6-5-9(8)10(2,3)4;1-8-5-6-9(7-8)10(2,3)4;1-8-6-5-7-9(8)10(2,3)4;1-7-5-10-6-8(7)9(2,3)4;1-7-5-8(6-10-7)9(2,3)4;1-8(2,3)9(4)5-6-10-7-9/h2*9,12H,6-8H2,1-5H3;8-10H,6-7H2,1-5H3;9-10H,5-8H2,1-4H3;11H,5-8H2,1-4H3;8-9,11H,5-7H2,1-4H3;2*8-9H,5-7H2,1-4H3;2*7-8,10H,5-6H2,1-4H3;10H,5-7H2,1-4H3. The van der Waals surface area contributed by atoms with Crippen molar-refractivity contribution in [3.8, 4) is 0 Å². The van der Waals surface area contributed by atoms with Gasteiger partial charge in [0.2, 0.25) is 0 Å². The van der Waals surface area contributed by atoms with Crippen molar-refractivity contribution < 1.29 is 0 Å². The van der Waals surface area contributed by atoms with Crippen molar-refractivity contribution in [3.63, 3.8) is 0 Å². The molecule has 118 heavy (non-hydrogen) atoms. The molecule has 7 nitrogen and oxygen atoms in total. The summed E-state index contributed by atoms with van der Waals surface area (Å²) >= 11 is 0. The van der Waals surface area contributed by atoms with E-state index in [1.807, 2.05) is 0 Å². The van der Waals surface area contributed by atoms with E-state index in [9.17, 15) is 0 Å². The van der Waals surface area contributed by atoms with E-state index in [-0.39, 0.29) is 0 Å². The van der Waals surface area contributed by atoms with Gasteiger partial charge in [-0.25, -0.2) is 0 Å². The maximum atomic E-state index is 3.48. The van der Waals surface area contributed by atoms with Crippen LogP contribution >= 0.6 is 0 Å². The minimum absolute atomic E-state index is 0.439. The first-order valence-corrected chi connectivity index (χ1v) is 51.1. The Labute approximate surface area is 747 Å². The van der Waals surface area contributed by atoms with Crippen molar-refractivity contribution in [2.45, 2.75) is 453 Å². The van der Waals surface area contributed by atoms with Crippen LogP contribution in [0.2, 0.25) is 0 Å². The minimum Gasteiger partial charge on any atom is -0.317 e. The predicted octanol–water partition coefficient (Wildman–Crippen LogP) is 30.5. The summed E-state index contributed by atoms with van der Waals surface area (Å²) in [5.74, 6) is 14.7. The highest BCUT2D eigenvalue weighted by molar-refractivity contribution is 4.98. The molecule has 0 amide bonds. The average molecular weight is 1660 g/mol. The largest absolute Gasteiger partial charge is 0.317 e. The molecule has 11 fully saturated rings. The first-order chi connectivity index (χ1) is 53.1. The van der Waals surface area contributed by atoms with E-state index in [1.165, 1.54) is 207 Å². The second-order valence-corrected chi connectivity index (χ2v) is 55.8. The van der Waals surface area contributed by atoms with Crippen LogP contribution in [-0.4, -0.2) is 91.1 Å². The van der Waals surface area contributed by atoms with E-state index < -0.39 is 0 Å². The zero-order chi connectivity index (χ0) is 91.9. The molecule has 0 aromatic rings. The van der Waals surface area contributed by atoms with E-state index >= 15 is 0 Å². The summed E-state index contributed by atoms with van der Waals surface area (Å²) in [5, 5.41) is 24.1. The summed E-state index contributed by atoms with van der Waals surface area (Å²) in [5.41, 5.74) is 7.55. The number of nitrogens with one attached hydrogen (secondary N) is 7. The van der Waals surface area contributed by atoms with E-state index in [2.05, 4.69) is 363 Å². The fourth-order valence-corrected chi connectivity index (χ4v) is 23.7. The van der Waals surface area contributed by atoms with Gasteiger partial charge in [-0.15, -0.1) is 0 Å². The Morgan fingerprint density at radius 2 is 0.678 bits per heavy atom. The third-order valence-corrected chi connectivity index (χ3v) is 34.7. The highest BCUT2D eigenvalue weighted by Crippen LogP contribution is 2.52. The maximum absolute atomic E-state index is 3.48. The van der Waals surface area contributed by atoms with Gasteiger partial charge >= 0.3 is 0 Å². The van der Waals surface area contributed by atoms with Crippen molar-refractivity contribution in [1.82, 2.24) is 37.2 Å². The maximum Gasteiger partial charge on any atom is 0.00421 e. The van der Waals surface area contributed by atoms with E-state index in [4.69, 9.17) is 0 Å². The van der Waals surface area contributed by atoms with Gasteiger partial charge in [-0.2, -0.15) is 0 Å². The molecule has 7 saturated heterocycles. The number of hydrogen-bond acceptors (Lipinski definition) is 7. The quantitative estimate of drug-likeness (QED) is 0.130. The van der Waals surface area contributed by atoms with Crippen LogP contribution in [0, 0.1) is 176 Å². The summed E-state index contributed by atoms with van der Waals surface area (Å²) < 4.78 is 0. The number of piperidine rings is 4. The molecule has 7 aliphatic heterocycles. The molecule has 0 aromatic carbocycles. The smallest absolute Gasteiger partial charge is 0.00421 e. The fourth-order valence-electron chi connectivity index (χ4n) is 23.7. The van der Waals surface area contributed by atoms with Crippen LogP contribution in [0.25, 0.3) is 0 Å². The molecule has 0 spiro atoms. The number of rotatable bonds is 0. The molecule has 7 heteroatoms. The highest BCUT2D eigenvalue weighted by atomic mass is 15.0. The summed E-state index contributed by atoms with van der Waals surface area (Å²) in [4.78, 5) is 0. The molecule has 7 heterocycles. The molecule has 19 atom stereocenters. The van der Waals surface area contributed by atoms with Crippen molar-refractivity contribution in [1.29, 1.82) is 0 Å². The lowest BCUT2D eigenvalue weighted by atomic mass is 9.58. The first-order valence-electron chi connectivity index (χ1n) is 51.1. The van der Waals surface area contributed by atoms with Crippen LogP contribution in [0.15, 0.2) is 0 Å². The highest BCUT2D eigenvalue weighted by Gasteiger charge is 2.46. The Bertz CT molecular complexity index is 2500. The van der Waals surface area contributed by atoms with Gasteiger partial charge < -0.3 is 37.2 Å². The van der Waals surface area contributed by atoms with Crippen LogP contribution < -0.4 is 37.2 Å². The van der Waals surface area contributed by atoms with Gasteiger partial charge in [0.05, 0.1) is 0 Å². The SMILES string of the molecule is CC(C)(C)C1(C)CCNC1.CC(C)(C)C1(C)CCNCC1.CC(C)(C)C1CCNCC1(C)C.CC1CC(C(C)(C)C)CN1.CC1CCC(C(C)(C)C)C1.CC1CCC(C(C)(C)C)C1C.CC1CCCC1C(C)(C)C.CC1CCCCC1C(C)(C)C.CC1CNCC1C(C)(C)C.CC1CNCCC1(C)C(C)(C)C.CC1CNCCC1C(C)(C)C. The number of hydrogen-bond donors (Lipinski definition) is 7. The third kappa shape index (κ3) is 40.2. The zero-order valence-corrected chi connectivity index (χ0v) is 90.4. The van der Waals surface area contributed by atoms with Crippen molar-refractivity contribution in [3.05, 3.63) is 0 Å². The molecular weight excluding hydrogens is 1430 g/mol. The van der Waals surface area contributed by atoms with Gasteiger partial charge in [0, 0.05) is 19.1 Å². The lowest BCUT2D eigenvalue weighted by Crippen LogP contribution is -2.48. The van der Waals surface area contributed by atoms with Gasteiger partial charge in [-0.3, -0.25) is 0 Å². The molecule has 11 aliphatic rings. The molecule has 0 aromatic heterocycles. The Morgan fingerprint density at radius 1 is 0.263 bits per heavy atom. The fraction of sp³-hybridized carbons (Fsp3) is 1.00. The van der Waals surface area contributed by atoms with Crippen molar-refractivity contribution in [2.24, 2.45) is 176 Å². The summed E-state index contributed by atoms with van der Waals surface area (Å²) in [6.07, 6.45) is 26.9. The van der Waals surface area contributed by atoms with Crippen LogP contribution in [0.5, 0.6) is 0 Å². The Kier molecular flexibility index (Phi) is 47.5. The Hall–Kier alpha value is -0.280. The second kappa shape index (κ2) is 48.4. The molecule has 4 aliphatic carbocycles. The van der Waals surface area contributed by atoms with Crippen LogP contribution in [0.1, 0.15) is 447 Å². The van der Waals surface area contributed by atoms with E-state index in [0.717, 1.165) is 101 Å². The zero-order valence-electron chi connectivity index (χ0n) is 90.4. The second-order valence-electron chi connectivity index (χ2n) is 55.8. The molecule has 0 bridgehead atoms. The van der Waals surface area contributed by atoms with Crippen LogP contribution in [0.4, 0.5) is 0 Å². The van der Waals surface area contributed by atoms with Crippen LogP contribution in [-0.2, 0) is 0 Å². The lowest BCUT2D eigenvalue weighted by molar-refractivity contribution is 0.0146. The molecule has 19 unspecified atom stereocenters. The third-order valence-electron chi connectivity index (χ3n) is 34.7. The minimum atomic E-state index is 0.439. The van der Waals surface area contributed by atoms with Gasteiger partial charge in [0.25, 0.3) is 0 Å². The molecule has 0 radical (unpaired) electrons. The van der Waals surface area contributed by atoms with Crippen LogP contribution in [0.3, 0.4) is 0 Å². The van der Waals surface area contributed by atoms with Gasteiger partial charge in [0.1, 0.15) is 0 Å². The Morgan fingerprint density at radius 3 is 0.932 bits per heavy atom. The van der Waals surface area contributed by atoms with E-state index in [1.54, 1.807) is 0 Å². The van der Waals surface area contributed by atoms with Gasteiger partial charge in [-0.1, -0.05) is 363 Å². The normalized spacial score (nSPS) is 34.0. The van der Waals surface area contributed by atoms with E-state index in [0.29, 0.717) is 81.2 Å². The topological polar surface area (TPSA) is 84.2 Å². The molecule has 11 rings (SSSR count). The summed E-state index contributed by atoms with van der Waals surface area (Å²) in [6.45, 7) is 127. The van der Waals surface area contributed by atoms with Crippen molar-refractivity contribution >= 4 is 0 Å². The summed E-state index contributed by atoms with van der Waals surface area (Å²) in [6, 6.07) is 0.740. The molecule has 708 valence electrons. The predicted molar refractivity (Wildman–Crippen MR) is 536 cm³/mol. The molecule has 4 saturated carbocycles. The van der Waals surface area contributed by atoms with Gasteiger partial charge in [-0.05, 0) is 332 Å². The molecule has 7 N–H and O–H groups in total. The van der Waals surface area contributed by atoms with Gasteiger partial charge in [0.15, 0.2) is 0 Å². The molecular formula is C111H229N7. The first kappa shape index (κ1) is 116. The lowest BCUT2D eigenvalue weighted by Gasteiger charge is -2.49.